The highest BCUT2D eigenvalue weighted by Crippen LogP contribution is 2.29. The van der Waals surface area contributed by atoms with Crippen LogP contribution in [-0.2, 0) is 0 Å². The van der Waals surface area contributed by atoms with E-state index < -0.39 is 0 Å². The van der Waals surface area contributed by atoms with E-state index in [9.17, 15) is 0 Å². The Labute approximate surface area is 79.5 Å². The van der Waals surface area contributed by atoms with Crippen molar-refractivity contribution in [3.05, 3.63) is 11.6 Å². The maximum atomic E-state index is 8.64. The van der Waals surface area contributed by atoms with E-state index in [0.717, 1.165) is 12.8 Å². The predicted octanol–water partition coefficient (Wildman–Crippen LogP) is 2.93. The maximum absolute atomic E-state index is 8.64. The Kier molecular flexibility index (Phi) is 4.06. The van der Waals surface area contributed by atoms with Gasteiger partial charge in [-0.15, -0.1) is 0 Å². The van der Waals surface area contributed by atoms with Crippen LogP contribution in [0.5, 0.6) is 0 Å². The highest BCUT2D eigenvalue weighted by atomic mass is 14.3. The maximum Gasteiger partial charge on any atom is 0.0911 e. The molecule has 1 rings (SSSR count). The Morgan fingerprint density at radius 1 is 1.31 bits per heavy atom. The van der Waals surface area contributed by atoms with Crippen LogP contribution in [0.1, 0.15) is 38.5 Å². The minimum atomic E-state index is 0.354. The SMILES string of the molecule is N#C/C=C1/CCCCCC1CC#N. The minimum absolute atomic E-state index is 0.354. The monoisotopic (exact) mass is 174 g/mol. The quantitative estimate of drug-likeness (QED) is 0.453. The van der Waals surface area contributed by atoms with Gasteiger partial charge in [-0.3, -0.25) is 0 Å². The van der Waals surface area contributed by atoms with Crippen LogP contribution in [-0.4, -0.2) is 0 Å². The first-order valence-corrected chi connectivity index (χ1v) is 4.84. The third kappa shape index (κ3) is 2.92. The summed E-state index contributed by atoms with van der Waals surface area (Å²) in [5, 5.41) is 17.2. The summed E-state index contributed by atoms with van der Waals surface area (Å²) in [5.41, 5.74) is 1.20. The molecule has 2 nitrogen and oxygen atoms in total. The molecule has 13 heavy (non-hydrogen) atoms. The van der Waals surface area contributed by atoms with Crippen molar-refractivity contribution in [2.24, 2.45) is 5.92 Å². The lowest BCUT2D eigenvalue weighted by Crippen LogP contribution is -2.01. The summed E-state index contributed by atoms with van der Waals surface area (Å²) >= 11 is 0. The fraction of sp³-hybridized carbons (Fsp3) is 0.636. The number of hydrogen-bond acceptors (Lipinski definition) is 2. The van der Waals surface area contributed by atoms with Crippen molar-refractivity contribution in [3.63, 3.8) is 0 Å². The average Bonchev–Trinajstić information content (AvgIpc) is 2.33. The third-order valence-electron chi connectivity index (χ3n) is 2.63. The summed E-state index contributed by atoms with van der Waals surface area (Å²) < 4.78 is 0. The largest absolute Gasteiger partial charge is 0.198 e. The highest BCUT2D eigenvalue weighted by molar-refractivity contribution is 5.18. The van der Waals surface area contributed by atoms with Gasteiger partial charge in [0, 0.05) is 12.5 Å². The second-order valence-corrected chi connectivity index (χ2v) is 3.51. The van der Waals surface area contributed by atoms with Crippen molar-refractivity contribution in [2.45, 2.75) is 38.5 Å². The van der Waals surface area contributed by atoms with E-state index in [1.54, 1.807) is 6.08 Å². The van der Waals surface area contributed by atoms with Gasteiger partial charge < -0.3 is 0 Å². The zero-order chi connectivity index (χ0) is 9.52. The molecule has 1 aliphatic rings. The van der Waals surface area contributed by atoms with Gasteiger partial charge >= 0.3 is 0 Å². The van der Waals surface area contributed by atoms with Gasteiger partial charge in [0.05, 0.1) is 12.1 Å². The fourth-order valence-corrected chi connectivity index (χ4v) is 1.90. The smallest absolute Gasteiger partial charge is 0.0911 e. The molecule has 0 saturated heterocycles. The number of nitrogens with zero attached hydrogens (tertiary/aromatic N) is 2. The van der Waals surface area contributed by atoms with Gasteiger partial charge in [-0.1, -0.05) is 18.4 Å². The molecule has 0 aliphatic heterocycles. The van der Waals surface area contributed by atoms with Crippen molar-refractivity contribution >= 4 is 0 Å². The number of rotatable bonds is 1. The van der Waals surface area contributed by atoms with Crippen molar-refractivity contribution in [1.29, 1.82) is 10.5 Å². The molecule has 0 amide bonds. The topological polar surface area (TPSA) is 47.6 Å². The van der Waals surface area contributed by atoms with Crippen molar-refractivity contribution < 1.29 is 0 Å². The van der Waals surface area contributed by atoms with E-state index in [2.05, 4.69) is 12.1 Å². The second kappa shape index (κ2) is 5.38. The predicted molar refractivity (Wildman–Crippen MR) is 50.5 cm³/mol. The van der Waals surface area contributed by atoms with Crippen LogP contribution in [0.15, 0.2) is 11.6 Å². The number of hydrogen-bond donors (Lipinski definition) is 0. The lowest BCUT2D eigenvalue weighted by atomic mass is 9.91. The van der Waals surface area contributed by atoms with E-state index in [1.165, 1.54) is 24.8 Å². The van der Waals surface area contributed by atoms with Crippen LogP contribution in [0.2, 0.25) is 0 Å². The summed E-state index contributed by atoms with van der Waals surface area (Å²) in [6.07, 6.45) is 7.94. The van der Waals surface area contributed by atoms with Crippen LogP contribution >= 0.6 is 0 Å². The van der Waals surface area contributed by atoms with Crippen LogP contribution in [0.4, 0.5) is 0 Å². The molecule has 0 N–H and O–H groups in total. The molecule has 1 atom stereocenters. The summed E-state index contributed by atoms with van der Waals surface area (Å²) in [7, 11) is 0. The van der Waals surface area contributed by atoms with Crippen LogP contribution < -0.4 is 0 Å². The average molecular weight is 174 g/mol. The summed E-state index contributed by atoms with van der Waals surface area (Å²) in [6.45, 7) is 0. The molecule has 0 aromatic heterocycles. The Bertz CT molecular complexity index is 265. The number of nitriles is 2. The van der Waals surface area contributed by atoms with Gasteiger partial charge in [-0.25, -0.2) is 0 Å². The molecule has 1 saturated carbocycles. The van der Waals surface area contributed by atoms with E-state index in [-0.39, 0.29) is 0 Å². The van der Waals surface area contributed by atoms with Crippen LogP contribution in [0.25, 0.3) is 0 Å². The molecule has 0 spiro atoms. The molecule has 2 heteroatoms. The Balaban J connectivity index is 2.69. The minimum Gasteiger partial charge on any atom is -0.198 e. The summed E-state index contributed by atoms with van der Waals surface area (Å²) in [6, 6.07) is 4.29. The zero-order valence-corrected chi connectivity index (χ0v) is 7.79. The lowest BCUT2D eigenvalue weighted by Gasteiger charge is -2.12. The van der Waals surface area contributed by atoms with Crippen LogP contribution in [0.3, 0.4) is 0 Å². The van der Waals surface area contributed by atoms with Crippen LogP contribution in [0, 0.1) is 28.6 Å². The molecule has 1 fully saturated rings. The standard InChI is InChI=1S/C11H14N2/c12-8-6-10-4-2-1-3-5-11(10)7-9-13/h6,11H,1-5,7H2/b10-6-. The molecule has 0 heterocycles. The molecule has 1 unspecified atom stereocenters. The number of allylic oxidation sites excluding steroid dienone is 2. The molecule has 0 bridgehead atoms. The van der Waals surface area contributed by atoms with Crippen molar-refractivity contribution in [3.8, 4) is 12.1 Å². The molecule has 68 valence electrons. The molecular weight excluding hydrogens is 160 g/mol. The molecule has 0 radical (unpaired) electrons. The van der Waals surface area contributed by atoms with Gasteiger partial charge in [-0.2, -0.15) is 10.5 Å². The second-order valence-electron chi connectivity index (χ2n) is 3.51. The first kappa shape index (κ1) is 9.81. The summed E-state index contributed by atoms with van der Waals surface area (Å²) in [4.78, 5) is 0. The van der Waals surface area contributed by atoms with E-state index in [4.69, 9.17) is 10.5 Å². The highest BCUT2D eigenvalue weighted by Gasteiger charge is 2.16. The van der Waals surface area contributed by atoms with Gasteiger partial charge in [-0.05, 0) is 25.2 Å². The molecular formula is C11H14N2. The van der Waals surface area contributed by atoms with Gasteiger partial charge in [0.25, 0.3) is 0 Å². The van der Waals surface area contributed by atoms with E-state index in [0.29, 0.717) is 12.3 Å². The molecule has 0 aromatic carbocycles. The Morgan fingerprint density at radius 3 is 2.85 bits per heavy atom. The molecule has 0 aromatic rings. The first-order chi connectivity index (χ1) is 6.38. The van der Waals surface area contributed by atoms with Crippen molar-refractivity contribution in [2.75, 3.05) is 0 Å². The first-order valence-electron chi connectivity index (χ1n) is 4.84. The normalized spacial score (nSPS) is 26.0. The lowest BCUT2D eigenvalue weighted by molar-refractivity contribution is 0.560. The van der Waals surface area contributed by atoms with Gasteiger partial charge in [0.1, 0.15) is 0 Å². The van der Waals surface area contributed by atoms with Gasteiger partial charge in [0.2, 0.25) is 0 Å². The Morgan fingerprint density at radius 2 is 2.15 bits per heavy atom. The fourth-order valence-electron chi connectivity index (χ4n) is 1.90. The van der Waals surface area contributed by atoms with Gasteiger partial charge in [0.15, 0.2) is 0 Å². The van der Waals surface area contributed by atoms with E-state index >= 15 is 0 Å². The Hall–Kier alpha value is -1.28. The zero-order valence-electron chi connectivity index (χ0n) is 7.79. The van der Waals surface area contributed by atoms with Crippen molar-refractivity contribution in [1.82, 2.24) is 0 Å². The van der Waals surface area contributed by atoms with E-state index in [1.807, 2.05) is 0 Å². The third-order valence-corrected chi connectivity index (χ3v) is 2.63. The molecule has 1 aliphatic carbocycles. The summed E-state index contributed by atoms with van der Waals surface area (Å²) in [5.74, 6) is 0.354.